The van der Waals surface area contributed by atoms with Gasteiger partial charge in [-0.3, -0.25) is 9.05 Å². The number of ether oxygens (including phenoxy) is 2. The van der Waals surface area contributed by atoms with E-state index in [-0.39, 0.29) is 29.6 Å². The number of aliphatic imine (C=N–C) groups is 2. The van der Waals surface area contributed by atoms with E-state index in [4.69, 9.17) is 18.5 Å². The molecule has 17 nitrogen and oxygen atoms in total. The quantitative estimate of drug-likeness (QED) is 0.135. The SMILES string of the molecule is [O-]/C(=N\c1c[n+](N2CCOCC2)no1)[C@H](CCc1ccccc1)N[C@H]1CCN2CCCCN2[C@@H](/C([O-])=N/c2c[n+](N3CCOCC3)no2)C1. The van der Waals surface area contributed by atoms with Crippen LogP contribution in [0.3, 0.4) is 0 Å². The second-order valence-electron chi connectivity index (χ2n) is 12.8. The maximum atomic E-state index is 13.9. The van der Waals surface area contributed by atoms with Crippen LogP contribution in [0, 0.1) is 0 Å². The van der Waals surface area contributed by atoms with Gasteiger partial charge >= 0.3 is 11.8 Å². The highest BCUT2D eigenvalue weighted by atomic mass is 16.5. The van der Waals surface area contributed by atoms with Crippen molar-refractivity contribution in [2.75, 3.05) is 82.3 Å². The van der Waals surface area contributed by atoms with E-state index < -0.39 is 12.1 Å². The van der Waals surface area contributed by atoms with Crippen molar-refractivity contribution in [1.82, 2.24) is 25.9 Å². The summed E-state index contributed by atoms with van der Waals surface area (Å²) in [6, 6.07) is 8.81. The summed E-state index contributed by atoms with van der Waals surface area (Å²) >= 11 is 0. The number of aryl methyl sites for hydroxylation is 1. The van der Waals surface area contributed by atoms with Gasteiger partial charge in [-0.05, 0) is 55.9 Å². The van der Waals surface area contributed by atoms with Crippen LogP contribution in [0.4, 0.5) is 11.8 Å². The minimum absolute atomic E-state index is 0.139. The predicted octanol–water partition coefficient (Wildman–Crippen LogP) is -1.91. The van der Waals surface area contributed by atoms with Crippen LogP contribution in [0.15, 0.2) is 61.8 Å². The summed E-state index contributed by atoms with van der Waals surface area (Å²) in [7, 11) is 0. The lowest BCUT2D eigenvalue weighted by Crippen LogP contribution is -2.62. The summed E-state index contributed by atoms with van der Waals surface area (Å²) in [6.07, 6.45) is 7.76. The summed E-state index contributed by atoms with van der Waals surface area (Å²) in [5.74, 6) is -0.340. The molecule has 4 saturated heterocycles. The zero-order valence-electron chi connectivity index (χ0n) is 27.7. The molecule has 0 aliphatic carbocycles. The van der Waals surface area contributed by atoms with Gasteiger partial charge in [0.05, 0.1) is 68.2 Å². The number of fused-ring (bicyclic) bond motifs is 1. The van der Waals surface area contributed by atoms with Crippen LogP contribution < -0.4 is 35.1 Å². The second kappa shape index (κ2) is 16.0. The van der Waals surface area contributed by atoms with Crippen LogP contribution >= 0.6 is 0 Å². The number of morpholine rings is 2. The number of hydrogen-bond donors (Lipinski definition) is 1. The van der Waals surface area contributed by atoms with Crippen molar-refractivity contribution in [3.63, 3.8) is 0 Å². The Bertz CT molecular complexity index is 1540. The number of hydrazine groups is 1. The average molecular weight is 680 g/mol. The van der Waals surface area contributed by atoms with E-state index in [0.29, 0.717) is 71.9 Å². The Kier molecular flexibility index (Phi) is 10.9. The summed E-state index contributed by atoms with van der Waals surface area (Å²) in [5.41, 5.74) is 1.13. The first-order valence-corrected chi connectivity index (χ1v) is 17.3. The molecule has 0 spiro atoms. The smallest absolute Gasteiger partial charge is 0.324 e. The van der Waals surface area contributed by atoms with E-state index in [1.165, 1.54) is 0 Å². The normalized spacial score (nSPS) is 24.1. The molecule has 49 heavy (non-hydrogen) atoms. The highest BCUT2D eigenvalue weighted by Gasteiger charge is 2.34. The van der Waals surface area contributed by atoms with Crippen LogP contribution in [0.1, 0.15) is 37.7 Å². The molecule has 0 saturated carbocycles. The van der Waals surface area contributed by atoms with Crippen LogP contribution in [0.25, 0.3) is 0 Å². The molecule has 0 radical (unpaired) electrons. The minimum atomic E-state index is -0.605. The Balaban J connectivity index is 1.10. The average Bonchev–Trinajstić information content (AvgIpc) is 3.78. The van der Waals surface area contributed by atoms with Crippen molar-refractivity contribution >= 4 is 23.6 Å². The van der Waals surface area contributed by atoms with E-state index in [1.807, 2.05) is 28.2 Å². The molecule has 4 fully saturated rings. The summed E-state index contributed by atoms with van der Waals surface area (Å²) in [4.78, 5) is 11.9. The number of rotatable bonds is 11. The van der Waals surface area contributed by atoms with Crippen LogP contribution in [-0.4, -0.2) is 123 Å². The van der Waals surface area contributed by atoms with Gasteiger partial charge in [0.25, 0.3) is 12.4 Å². The predicted molar refractivity (Wildman–Crippen MR) is 171 cm³/mol. The number of hydrogen-bond acceptors (Lipinski definition) is 15. The van der Waals surface area contributed by atoms with Gasteiger partial charge in [0.1, 0.15) is 0 Å². The van der Waals surface area contributed by atoms with Crippen LogP contribution in [0.5, 0.6) is 0 Å². The Labute approximate surface area is 284 Å². The first-order chi connectivity index (χ1) is 24.1. The first-order valence-electron chi connectivity index (χ1n) is 17.3. The zero-order valence-corrected chi connectivity index (χ0v) is 27.7. The summed E-state index contributed by atoms with van der Waals surface area (Å²) in [6.45, 7) is 7.46. The van der Waals surface area contributed by atoms with Gasteiger partial charge in [0, 0.05) is 31.7 Å². The fourth-order valence-corrected chi connectivity index (χ4v) is 6.85. The molecule has 7 rings (SSSR count). The minimum Gasteiger partial charge on any atom is -0.861 e. The number of aromatic nitrogens is 4. The maximum Gasteiger partial charge on any atom is 0.324 e. The molecule has 0 bridgehead atoms. The third-order valence-corrected chi connectivity index (χ3v) is 9.49. The van der Waals surface area contributed by atoms with Gasteiger partial charge in [0.15, 0.2) is 0 Å². The van der Waals surface area contributed by atoms with E-state index in [1.54, 1.807) is 22.0 Å². The molecular formula is C32H45N11O6. The van der Waals surface area contributed by atoms with Crippen molar-refractivity contribution in [3.05, 3.63) is 48.3 Å². The summed E-state index contributed by atoms with van der Waals surface area (Å²) in [5, 5.41) is 47.9. The van der Waals surface area contributed by atoms with Crippen LogP contribution in [0.2, 0.25) is 0 Å². The van der Waals surface area contributed by atoms with Crippen molar-refractivity contribution in [3.8, 4) is 0 Å². The lowest BCUT2D eigenvalue weighted by molar-refractivity contribution is -0.760. The van der Waals surface area contributed by atoms with Gasteiger partial charge in [-0.15, -0.1) is 10.0 Å². The second-order valence-corrected chi connectivity index (χ2v) is 12.8. The van der Waals surface area contributed by atoms with Gasteiger partial charge in [0.2, 0.25) is 10.5 Å². The van der Waals surface area contributed by atoms with Crippen LogP contribution in [-0.2, 0) is 15.9 Å². The third kappa shape index (κ3) is 8.53. The Hall–Kier alpha value is -4.16. The Morgan fingerprint density at radius 2 is 1.47 bits per heavy atom. The molecule has 264 valence electrons. The monoisotopic (exact) mass is 679 g/mol. The van der Waals surface area contributed by atoms with Gasteiger partial charge in [-0.2, -0.15) is 0 Å². The molecule has 0 unspecified atom stereocenters. The summed E-state index contributed by atoms with van der Waals surface area (Å²) < 4.78 is 21.8. The molecule has 2 aromatic heterocycles. The van der Waals surface area contributed by atoms with Crippen molar-refractivity contribution in [2.24, 2.45) is 9.98 Å². The highest BCUT2D eigenvalue weighted by molar-refractivity contribution is 5.80. The fraction of sp³-hybridized carbons (Fsp3) is 0.625. The third-order valence-electron chi connectivity index (χ3n) is 9.49. The standard InChI is InChI=1S/C32H45N11O6/c44-31(34-29-23-42(36-48-29)39-14-18-46-19-15-39)27(9-8-25-6-2-1-3-7-25)33-26-10-13-38-11-4-5-12-41(38)28(22-26)32(45)35-30-24-43(37-49-30)40-16-20-47-21-17-40/h1-3,6-7,23-24,26-28,33H,4-5,8-22H2/t26-,27-,28+/m0/s1. The molecule has 0 amide bonds. The lowest BCUT2D eigenvalue weighted by Gasteiger charge is -2.43. The van der Waals surface area contributed by atoms with E-state index in [9.17, 15) is 10.2 Å². The maximum absolute atomic E-state index is 13.9. The number of nitrogens with one attached hydrogen (secondary N) is 1. The van der Waals surface area contributed by atoms with E-state index >= 15 is 0 Å². The van der Waals surface area contributed by atoms with Crippen molar-refractivity contribution in [1.29, 1.82) is 0 Å². The molecule has 1 N–H and O–H groups in total. The number of benzene rings is 1. The molecule has 6 heterocycles. The number of nitrogens with zero attached hydrogens (tertiary/aromatic N) is 10. The molecule has 4 aliphatic heterocycles. The zero-order chi connectivity index (χ0) is 33.4. The van der Waals surface area contributed by atoms with Gasteiger partial charge < -0.3 is 25.0 Å². The first kappa shape index (κ1) is 33.3. The largest absolute Gasteiger partial charge is 0.861 e. The lowest BCUT2D eigenvalue weighted by atomic mass is 10.00. The topological polar surface area (TPSA) is 174 Å². The fourth-order valence-electron chi connectivity index (χ4n) is 6.85. The molecule has 3 aromatic rings. The Morgan fingerprint density at radius 3 is 2.14 bits per heavy atom. The molecule has 17 heteroatoms. The molecule has 1 aromatic carbocycles. The van der Waals surface area contributed by atoms with Crippen molar-refractivity contribution < 1.29 is 38.3 Å². The Morgan fingerprint density at radius 1 is 0.837 bits per heavy atom. The van der Waals surface area contributed by atoms with E-state index in [2.05, 4.69) is 48.0 Å². The molecule has 3 atom stereocenters. The highest BCUT2D eigenvalue weighted by Crippen LogP contribution is 2.25. The van der Waals surface area contributed by atoms with Gasteiger partial charge in [-0.25, -0.2) is 20.0 Å². The van der Waals surface area contributed by atoms with Gasteiger partial charge in [-0.1, -0.05) is 30.3 Å². The molecular weight excluding hydrogens is 634 g/mol. The molecule has 4 aliphatic rings. The van der Waals surface area contributed by atoms with E-state index in [0.717, 1.165) is 44.5 Å². The van der Waals surface area contributed by atoms with Crippen molar-refractivity contribution in [2.45, 2.75) is 56.7 Å².